The molecule has 0 aliphatic rings. The largest absolute Gasteiger partial charge is 0.377 e. The molecule has 0 N–H and O–H groups in total. The number of hydrogen-bond donors (Lipinski definition) is 0. The van der Waals surface area contributed by atoms with Gasteiger partial charge < -0.3 is 9.80 Å². The van der Waals surface area contributed by atoms with Crippen LogP contribution >= 0.6 is 0 Å². The molecule has 0 atom stereocenters. The average Bonchev–Trinajstić information content (AvgIpc) is 2.51. The second kappa shape index (κ2) is 4.51. The predicted octanol–water partition coefficient (Wildman–Crippen LogP) is 4.72. The number of hydrogen-bond acceptors (Lipinski definition) is 2. The van der Waals surface area contributed by atoms with Gasteiger partial charge in [0, 0.05) is 50.3 Å². The van der Waals surface area contributed by atoms with E-state index in [1.165, 1.54) is 43.7 Å². The lowest BCUT2D eigenvalue weighted by Gasteiger charge is -2.22. The van der Waals surface area contributed by atoms with Crippen molar-refractivity contribution < 1.29 is 0 Å². The highest BCUT2D eigenvalue weighted by Gasteiger charge is 2.14. The summed E-state index contributed by atoms with van der Waals surface area (Å²) in [5.74, 6) is 0. The smallest absolute Gasteiger partial charge is 0.0447 e. The second-order valence-electron chi connectivity index (χ2n) is 6.38. The Morgan fingerprint density at radius 1 is 0.591 bits per heavy atom. The molecule has 0 saturated carbocycles. The summed E-state index contributed by atoms with van der Waals surface area (Å²) in [4.78, 5) is 4.40. The van der Waals surface area contributed by atoms with Gasteiger partial charge in [0.25, 0.3) is 0 Å². The highest BCUT2D eigenvalue weighted by molar-refractivity contribution is 6.27. The van der Waals surface area contributed by atoms with Crippen LogP contribution in [0.3, 0.4) is 0 Å². The normalized spacial score (nSPS) is 11.6. The van der Waals surface area contributed by atoms with Crippen molar-refractivity contribution in [1.82, 2.24) is 0 Å². The zero-order valence-electron chi connectivity index (χ0n) is 13.5. The van der Waals surface area contributed by atoms with Crippen LogP contribution in [0.5, 0.6) is 0 Å². The summed E-state index contributed by atoms with van der Waals surface area (Å²) < 4.78 is 0. The molecule has 0 fully saturated rings. The highest BCUT2D eigenvalue weighted by atomic mass is 15.1. The minimum atomic E-state index is 1.28. The molecule has 0 radical (unpaired) electrons. The van der Waals surface area contributed by atoms with Gasteiger partial charge in [-0.2, -0.15) is 0 Å². The maximum absolute atomic E-state index is 2.31. The molecule has 0 spiro atoms. The minimum absolute atomic E-state index is 1.28. The molecular formula is C20H20N2. The van der Waals surface area contributed by atoms with Gasteiger partial charge in [0.05, 0.1) is 0 Å². The molecule has 0 aliphatic carbocycles. The summed E-state index contributed by atoms with van der Waals surface area (Å²) in [6, 6.07) is 17.9. The van der Waals surface area contributed by atoms with E-state index in [1.807, 2.05) is 0 Å². The molecule has 0 unspecified atom stereocenters. The van der Waals surface area contributed by atoms with Gasteiger partial charge >= 0.3 is 0 Å². The maximum Gasteiger partial charge on any atom is 0.0447 e. The van der Waals surface area contributed by atoms with Crippen LogP contribution in [-0.2, 0) is 0 Å². The maximum atomic E-state index is 2.31. The van der Waals surface area contributed by atoms with Gasteiger partial charge in [-0.3, -0.25) is 0 Å². The Kier molecular flexibility index (Phi) is 2.70. The zero-order valence-corrected chi connectivity index (χ0v) is 13.5. The van der Waals surface area contributed by atoms with Crippen LogP contribution in [0.2, 0.25) is 0 Å². The molecule has 4 rings (SSSR count). The van der Waals surface area contributed by atoms with Gasteiger partial charge in [0.15, 0.2) is 0 Å². The molecule has 0 aromatic heterocycles. The molecule has 0 bridgehead atoms. The van der Waals surface area contributed by atoms with Gasteiger partial charge in [-0.15, -0.1) is 0 Å². The Hall–Kier alpha value is -2.48. The fourth-order valence-corrected chi connectivity index (χ4v) is 3.55. The van der Waals surface area contributed by atoms with Gasteiger partial charge in [-0.1, -0.05) is 36.4 Å². The van der Waals surface area contributed by atoms with Crippen LogP contribution in [0.15, 0.2) is 48.5 Å². The van der Waals surface area contributed by atoms with Crippen molar-refractivity contribution in [1.29, 1.82) is 0 Å². The Labute approximate surface area is 130 Å². The molecular weight excluding hydrogens is 268 g/mol. The van der Waals surface area contributed by atoms with Crippen molar-refractivity contribution in [2.45, 2.75) is 0 Å². The van der Waals surface area contributed by atoms with Crippen molar-refractivity contribution in [3.05, 3.63) is 48.5 Å². The Morgan fingerprint density at radius 2 is 1.23 bits per heavy atom. The standard InChI is InChI=1S/C20H20N2/c1-21(2)17-11-9-14-12-18(22(3)4)15-7-5-6-13-8-10-16(17)20(14)19(13)15/h5-12H,1-4H3. The van der Waals surface area contributed by atoms with Crippen LogP contribution in [0.1, 0.15) is 0 Å². The van der Waals surface area contributed by atoms with Crippen LogP contribution in [0.25, 0.3) is 32.3 Å². The average molecular weight is 288 g/mol. The third kappa shape index (κ3) is 1.67. The lowest BCUT2D eigenvalue weighted by Crippen LogP contribution is -2.10. The van der Waals surface area contributed by atoms with E-state index >= 15 is 0 Å². The molecule has 2 nitrogen and oxygen atoms in total. The van der Waals surface area contributed by atoms with Crippen LogP contribution in [0.4, 0.5) is 11.4 Å². The van der Waals surface area contributed by atoms with Crippen molar-refractivity contribution in [3.63, 3.8) is 0 Å². The summed E-state index contributed by atoms with van der Waals surface area (Å²) in [5.41, 5.74) is 2.56. The van der Waals surface area contributed by atoms with E-state index in [1.54, 1.807) is 0 Å². The monoisotopic (exact) mass is 288 g/mol. The SMILES string of the molecule is CN(C)c1cc2ccc(N(C)C)c3ccc4cccc1c4c23. The van der Waals surface area contributed by atoms with Crippen molar-refractivity contribution in [2.75, 3.05) is 38.0 Å². The molecule has 0 aliphatic heterocycles. The molecule has 0 amide bonds. The Bertz CT molecular complexity index is 978. The summed E-state index contributed by atoms with van der Waals surface area (Å²) in [6.45, 7) is 0. The highest BCUT2D eigenvalue weighted by Crippen LogP contribution is 2.42. The third-order valence-corrected chi connectivity index (χ3v) is 4.56. The summed E-state index contributed by atoms with van der Waals surface area (Å²) in [6.07, 6.45) is 0. The minimum Gasteiger partial charge on any atom is -0.377 e. The summed E-state index contributed by atoms with van der Waals surface area (Å²) in [7, 11) is 8.45. The summed E-state index contributed by atoms with van der Waals surface area (Å²) >= 11 is 0. The molecule has 2 heteroatoms. The van der Waals surface area contributed by atoms with Gasteiger partial charge in [-0.25, -0.2) is 0 Å². The van der Waals surface area contributed by atoms with Crippen molar-refractivity contribution >= 4 is 43.7 Å². The number of benzene rings is 4. The first-order valence-corrected chi connectivity index (χ1v) is 7.63. The first-order chi connectivity index (χ1) is 10.6. The Balaban J connectivity index is 2.31. The summed E-state index contributed by atoms with van der Waals surface area (Å²) in [5, 5.41) is 8.05. The molecule has 0 saturated heterocycles. The fraction of sp³-hybridized carbons (Fsp3) is 0.200. The first kappa shape index (κ1) is 13.2. The molecule has 0 heterocycles. The molecule has 4 aromatic rings. The van der Waals surface area contributed by atoms with E-state index in [0.717, 1.165) is 0 Å². The van der Waals surface area contributed by atoms with Gasteiger partial charge in [0.2, 0.25) is 0 Å². The number of rotatable bonds is 2. The third-order valence-electron chi connectivity index (χ3n) is 4.56. The van der Waals surface area contributed by atoms with E-state index in [9.17, 15) is 0 Å². The van der Waals surface area contributed by atoms with Crippen molar-refractivity contribution in [3.8, 4) is 0 Å². The van der Waals surface area contributed by atoms with Crippen molar-refractivity contribution in [2.24, 2.45) is 0 Å². The van der Waals surface area contributed by atoms with E-state index in [2.05, 4.69) is 86.5 Å². The molecule has 4 aromatic carbocycles. The second-order valence-corrected chi connectivity index (χ2v) is 6.38. The number of nitrogens with zero attached hydrogens (tertiary/aromatic N) is 2. The molecule has 110 valence electrons. The van der Waals surface area contributed by atoms with E-state index in [0.29, 0.717) is 0 Å². The van der Waals surface area contributed by atoms with Gasteiger partial charge in [0.1, 0.15) is 0 Å². The lowest BCUT2D eigenvalue weighted by atomic mass is 9.92. The van der Waals surface area contributed by atoms with Crippen LogP contribution in [-0.4, -0.2) is 28.2 Å². The molecule has 22 heavy (non-hydrogen) atoms. The van der Waals surface area contributed by atoms with E-state index in [-0.39, 0.29) is 0 Å². The van der Waals surface area contributed by atoms with Gasteiger partial charge in [-0.05, 0) is 33.7 Å². The quantitative estimate of drug-likeness (QED) is 0.493. The fourth-order valence-electron chi connectivity index (χ4n) is 3.55. The van der Waals surface area contributed by atoms with Crippen LogP contribution in [0, 0.1) is 0 Å². The lowest BCUT2D eigenvalue weighted by molar-refractivity contribution is 1.14. The topological polar surface area (TPSA) is 6.48 Å². The van der Waals surface area contributed by atoms with Crippen LogP contribution < -0.4 is 9.80 Å². The van der Waals surface area contributed by atoms with E-state index < -0.39 is 0 Å². The first-order valence-electron chi connectivity index (χ1n) is 7.63. The number of anilines is 2. The zero-order chi connectivity index (χ0) is 15.4. The van der Waals surface area contributed by atoms with E-state index in [4.69, 9.17) is 0 Å². The predicted molar refractivity (Wildman–Crippen MR) is 98.8 cm³/mol. The Morgan fingerprint density at radius 3 is 1.95 bits per heavy atom.